The Morgan fingerprint density at radius 2 is 1.29 bits per heavy atom. The molecule has 0 atom stereocenters. The van der Waals surface area contributed by atoms with E-state index in [1.165, 1.54) is 0 Å². The Morgan fingerprint density at radius 3 is 1.29 bits per heavy atom. The first-order chi connectivity index (χ1) is 1.73. The predicted molar refractivity (Wildman–Crippen MR) is 17.1 cm³/mol. The first-order valence-corrected chi connectivity index (χ1v) is 1.39. The molecule has 0 bridgehead atoms. The molecule has 0 unspecified atom stereocenters. The Balaban J connectivity index is -0.0000000150. The van der Waals surface area contributed by atoms with Gasteiger partial charge in [0.2, 0.25) is 0 Å². The Morgan fingerprint density at radius 1 is 1.29 bits per heavy atom. The van der Waals surface area contributed by atoms with Gasteiger partial charge in [-0.2, -0.15) is 0 Å². The molecule has 0 spiro atoms. The Kier molecular flexibility index (Phi) is 52.4. The van der Waals surface area contributed by atoms with E-state index in [-0.39, 0.29) is 56.8 Å². The summed E-state index contributed by atoms with van der Waals surface area (Å²) in [6, 6.07) is 0. The van der Waals surface area contributed by atoms with E-state index >= 15 is 0 Å². The van der Waals surface area contributed by atoms with E-state index in [1.807, 2.05) is 0 Å². The van der Waals surface area contributed by atoms with Crippen LogP contribution in [0.2, 0.25) is 0 Å². The average Bonchev–Trinajstić information content (AvgIpc) is 0.811. The Hall–Kier alpha value is 1.63. The van der Waals surface area contributed by atoms with Crippen molar-refractivity contribution in [3.63, 3.8) is 0 Å². The van der Waals surface area contributed by atoms with Crippen molar-refractivity contribution in [1.29, 1.82) is 0 Å². The molecule has 0 heterocycles. The van der Waals surface area contributed by atoms with E-state index in [0.717, 1.165) is 0 Å². The topological polar surface area (TPSA) is 53.1 Å². The minimum absolute atomic E-state index is 0. The number of rotatable bonds is 0. The predicted octanol–water partition coefficient (Wildman–Crippen LogP) is -3.42. The molecule has 0 radical (unpaired) electrons. The van der Waals surface area contributed by atoms with Crippen molar-refractivity contribution >= 4 is 0 Å². The molecular weight excluding hydrogens is 139 g/mol. The first-order valence-electron chi connectivity index (χ1n) is 1.39. The van der Waals surface area contributed by atoms with Crippen LogP contribution in [0.25, 0.3) is 0 Å². The van der Waals surface area contributed by atoms with Crippen LogP contribution >= 0.6 is 0 Å². The Bertz CT molecular complexity index is 17.7. The minimum Gasteiger partial charge on any atom is -0.870 e. The summed E-state index contributed by atoms with van der Waals surface area (Å²) in [7, 11) is 0. The van der Waals surface area contributed by atoms with Gasteiger partial charge in [-0.05, 0) is 0 Å². The van der Waals surface area contributed by atoms with Gasteiger partial charge in [-0.15, -0.1) is 6.10 Å². The maximum Gasteiger partial charge on any atom is 4.00 e. The van der Waals surface area contributed by atoms with Gasteiger partial charge in [-0.3, -0.25) is 0 Å². The van der Waals surface area contributed by atoms with Crippen LogP contribution < -0.4 is 34.7 Å². The molecule has 0 aliphatic carbocycles. The maximum atomic E-state index is 9.53. The van der Waals surface area contributed by atoms with Crippen LogP contribution in [-0.2, 0) is 21.7 Å². The summed E-state index contributed by atoms with van der Waals surface area (Å²) in [5.41, 5.74) is 0. The molecule has 0 aliphatic heterocycles. The standard InChI is InChI=1S/C3H7O.Na.H2O.Ti/c1-3(2)4;;;/h3H,1-2H3;;1H2;/q-1;+1;;+4/p-1. The fraction of sp³-hybridized carbons (Fsp3) is 1.00. The summed E-state index contributed by atoms with van der Waals surface area (Å²) < 4.78 is 0. The zero-order valence-corrected chi connectivity index (χ0v) is 8.49. The molecule has 34 valence electrons. The van der Waals surface area contributed by atoms with Crippen molar-refractivity contribution in [3.05, 3.63) is 0 Å². The molecule has 0 aromatic carbocycles. The molecular formula is C3H8NaO2Ti+3. The van der Waals surface area contributed by atoms with Gasteiger partial charge in [0, 0.05) is 0 Å². The van der Waals surface area contributed by atoms with Crippen LogP contribution in [0.15, 0.2) is 0 Å². The van der Waals surface area contributed by atoms with Crippen molar-refractivity contribution in [1.82, 2.24) is 0 Å². The van der Waals surface area contributed by atoms with Crippen LogP contribution in [0.3, 0.4) is 0 Å². The minimum atomic E-state index is -0.417. The van der Waals surface area contributed by atoms with Crippen molar-refractivity contribution in [2.24, 2.45) is 0 Å². The SMILES string of the molecule is CC(C)[O-].[Na+].[OH-].[Ti+4]. The summed E-state index contributed by atoms with van der Waals surface area (Å²) in [4.78, 5) is 0. The average molecular weight is 147 g/mol. The molecule has 4 heteroatoms. The summed E-state index contributed by atoms with van der Waals surface area (Å²) in [6.07, 6.45) is -0.417. The molecule has 0 saturated carbocycles. The molecule has 0 fully saturated rings. The second-order valence-electron chi connectivity index (χ2n) is 1.05. The van der Waals surface area contributed by atoms with Gasteiger partial charge in [-0.25, -0.2) is 0 Å². The van der Waals surface area contributed by atoms with Gasteiger partial charge >= 0.3 is 51.3 Å². The van der Waals surface area contributed by atoms with Crippen LogP contribution in [0, 0.1) is 0 Å². The molecule has 0 aromatic rings. The van der Waals surface area contributed by atoms with E-state index in [2.05, 4.69) is 0 Å². The zero-order chi connectivity index (χ0) is 3.58. The van der Waals surface area contributed by atoms with E-state index in [9.17, 15) is 5.11 Å². The third-order valence-corrected chi connectivity index (χ3v) is 0. The molecule has 1 N–H and O–H groups in total. The van der Waals surface area contributed by atoms with Crippen LogP contribution in [0.4, 0.5) is 0 Å². The van der Waals surface area contributed by atoms with Gasteiger partial charge in [0.1, 0.15) is 0 Å². The van der Waals surface area contributed by atoms with Crippen molar-refractivity contribution in [2.45, 2.75) is 20.0 Å². The molecule has 2 nitrogen and oxygen atoms in total. The normalized spacial score (nSPS) is 5.14. The molecule has 0 amide bonds. The van der Waals surface area contributed by atoms with Gasteiger partial charge in [0.15, 0.2) is 0 Å². The van der Waals surface area contributed by atoms with Gasteiger partial charge in [-0.1, -0.05) is 13.8 Å². The summed E-state index contributed by atoms with van der Waals surface area (Å²) in [6.45, 7) is 3.22. The molecule has 0 rings (SSSR count). The van der Waals surface area contributed by atoms with Crippen molar-refractivity contribution in [3.8, 4) is 0 Å². The molecule has 0 aromatic heterocycles. The summed E-state index contributed by atoms with van der Waals surface area (Å²) >= 11 is 0. The van der Waals surface area contributed by atoms with Crippen molar-refractivity contribution in [2.75, 3.05) is 0 Å². The van der Waals surface area contributed by atoms with Crippen LogP contribution in [0.1, 0.15) is 13.8 Å². The fourth-order valence-electron chi connectivity index (χ4n) is 0. The summed E-state index contributed by atoms with van der Waals surface area (Å²) in [5, 5.41) is 9.53. The fourth-order valence-corrected chi connectivity index (χ4v) is 0. The third kappa shape index (κ3) is 90.7. The zero-order valence-electron chi connectivity index (χ0n) is 4.93. The van der Waals surface area contributed by atoms with Gasteiger partial charge in [0.05, 0.1) is 0 Å². The van der Waals surface area contributed by atoms with E-state index < -0.39 is 6.10 Å². The van der Waals surface area contributed by atoms with Gasteiger partial charge < -0.3 is 10.6 Å². The molecule has 7 heavy (non-hydrogen) atoms. The van der Waals surface area contributed by atoms with Crippen LogP contribution in [0.5, 0.6) is 0 Å². The first kappa shape index (κ1) is 23.4. The summed E-state index contributed by atoms with van der Waals surface area (Å²) in [5.74, 6) is 0. The monoisotopic (exact) mass is 147 g/mol. The quantitative estimate of drug-likeness (QED) is 0.335. The Labute approximate surface area is 81.2 Å². The largest absolute Gasteiger partial charge is 4.00 e. The van der Waals surface area contributed by atoms with Gasteiger partial charge in [0.25, 0.3) is 0 Å². The van der Waals surface area contributed by atoms with Crippen molar-refractivity contribution < 1.29 is 61.9 Å². The third-order valence-electron chi connectivity index (χ3n) is 0. The van der Waals surface area contributed by atoms with E-state index in [0.29, 0.717) is 0 Å². The number of hydrogen-bond donors (Lipinski definition) is 0. The molecule has 0 aliphatic rings. The molecule has 0 saturated heterocycles. The van der Waals surface area contributed by atoms with E-state index in [4.69, 9.17) is 0 Å². The number of hydrogen-bond acceptors (Lipinski definition) is 2. The van der Waals surface area contributed by atoms with E-state index in [1.54, 1.807) is 13.8 Å². The second-order valence-corrected chi connectivity index (χ2v) is 1.05. The van der Waals surface area contributed by atoms with Crippen LogP contribution in [-0.4, -0.2) is 11.6 Å². The maximum absolute atomic E-state index is 9.53. The smallest absolute Gasteiger partial charge is 0.870 e. The second kappa shape index (κ2) is 15.6.